The van der Waals surface area contributed by atoms with Gasteiger partial charge in [0.2, 0.25) is 0 Å². The number of hydrogen-bond acceptors (Lipinski definition) is 3. The molecule has 0 aliphatic rings. The van der Waals surface area contributed by atoms with E-state index >= 15 is 0 Å². The Morgan fingerprint density at radius 3 is 2.67 bits per heavy atom. The highest BCUT2D eigenvalue weighted by Gasteiger charge is 2.02. The molecule has 3 nitrogen and oxygen atoms in total. The van der Waals surface area contributed by atoms with Crippen LogP contribution >= 0.6 is 0 Å². The van der Waals surface area contributed by atoms with Gasteiger partial charge in [0.1, 0.15) is 5.82 Å². The lowest BCUT2D eigenvalue weighted by molar-refractivity contribution is 0.967. The maximum Gasteiger partial charge on any atom is 0.147 e. The summed E-state index contributed by atoms with van der Waals surface area (Å²) in [5.74, 6) is 0.892. The van der Waals surface area contributed by atoms with Gasteiger partial charge in [0.05, 0.1) is 11.4 Å². The van der Waals surface area contributed by atoms with Crippen molar-refractivity contribution in [3.8, 4) is 0 Å². The normalized spacial score (nSPS) is 10.4. The van der Waals surface area contributed by atoms with Gasteiger partial charge < -0.3 is 5.32 Å². The molecule has 0 saturated heterocycles. The van der Waals surface area contributed by atoms with Crippen molar-refractivity contribution in [2.75, 3.05) is 11.9 Å². The van der Waals surface area contributed by atoms with Gasteiger partial charge in [-0.3, -0.25) is 4.98 Å². The minimum atomic E-state index is 0.879. The van der Waals surface area contributed by atoms with Crippen molar-refractivity contribution >= 4 is 5.82 Å². The number of nitrogens with one attached hydrogen (secondary N) is 1. The van der Waals surface area contributed by atoms with Crippen molar-refractivity contribution in [1.29, 1.82) is 0 Å². The molecule has 2 aromatic rings. The second kappa shape index (κ2) is 5.63. The number of rotatable bonds is 4. The summed E-state index contributed by atoms with van der Waals surface area (Å²) in [7, 11) is 0. The molecule has 1 aromatic heterocycles. The van der Waals surface area contributed by atoms with Crippen molar-refractivity contribution in [1.82, 2.24) is 9.97 Å². The summed E-state index contributed by atoms with van der Waals surface area (Å²) in [5.41, 5.74) is 4.61. The predicted octanol–water partition coefficient (Wildman–Crippen LogP) is 3.06. The second-order valence-corrected chi connectivity index (χ2v) is 4.55. The Balaban J connectivity index is 1.96. The zero-order valence-corrected chi connectivity index (χ0v) is 11.2. The maximum atomic E-state index is 4.45. The molecule has 94 valence electrons. The summed E-state index contributed by atoms with van der Waals surface area (Å²) in [6.07, 6.45) is 2.80. The highest BCUT2D eigenvalue weighted by atomic mass is 15.0. The fourth-order valence-electron chi connectivity index (χ4n) is 1.91. The first kappa shape index (κ1) is 12.6. The molecule has 0 bridgehead atoms. The van der Waals surface area contributed by atoms with Crippen LogP contribution in [0.4, 0.5) is 5.82 Å². The lowest BCUT2D eigenvalue weighted by Gasteiger charge is -2.09. The minimum absolute atomic E-state index is 0.879. The molecule has 1 heterocycles. The van der Waals surface area contributed by atoms with Crippen LogP contribution in [0.25, 0.3) is 0 Å². The Morgan fingerprint density at radius 2 is 1.89 bits per heavy atom. The molecule has 1 aromatic carbocycles. The molecule has 0 radical (unpaired) electrons. The number of anilines is 1. The fraction of sp³-hybridized carbons (Fsp3) is 0.333. The topological polar surface area (TPSA) is 37.8 Å². The summed E-state index contributed by atoms with van der Waals surface area (Å²) >= 11 is 0. The zero-order chi connectivity index (χ0) is 13.0. The van der Waals surface area contributed by atoms with Crippen molar-refractivity contribution in [2.24, 2.45) is 0 Å². The van der Waals surface area contributed by atoms with E-state index in [4.69, 9.17) is 0 Å². The van der Waals surface area contributed by atoms with E-state index in [1.54, 1.807) is 6.20 Å². The largest absolute Gasteiger partial charge is 0.368 e. The van der Waals surface area contributed by atoms with Crippen LogP contribution in [0.5, 0.6) is 0 Å². The standard InChI is InChI=1S/C15H19N3/c1-11-6-4-5-7-14(11)8-9-16-15-13(3)17-10-12(2)18-15/h4-7,10H,8-9H2,1-3H3,(H,16,18). The van der Waals surface area contributed by atoms with Crippen molar-refractivity contribution < 1.29 is 0 Å². The van der Waals surface area contributed by atoms with Crippen LogP contribution in [-0.2, 0) is 6.42 Å². The Hall–Kier alpha value is -1.90. The van der Waals surface area contributed by atoms with Gasteiger partial charge in [-0.2, -0.15) is 0 Å². The van der Waals surface area contributed by atoms with E-state index in [1.807, 2.05) is 13.8 Å². The molecule has 0 aliphatic carbocycles. The maximum absolute atomic E-state index is 4.45. The van der Waals surface area contributed by atoms with E-state index in [9.17, 15) is 0 Å². The first-order valence-electron chi connectivity index (χ1n) is 6.25. The fourth-order valence-corrected chi connectivity index (χ4v) is 1.91. The summed E-state index contributed by atoms with van der Waals surface area (Å²) in [6.45, 7) is 6.96. The number of benzene rings is 1. The number of aryl methyl sites for hydroxylation is 3. The molecule has 0 atom stereocenters. The molecule has 1 N–H and O–H groups in total. The molecule has 0 unspecified atom stereocenters. The number of aromatic nitrogens is 2. The molecule has 0 aliphatic heterocycles. The highest BCUT2D eigenvalue weighted by molar-refractivity contribution is 5.40. The summed E-state index contributed by atoms with van der Waals surface area (Å²) in [6, 6.07) is 8.47. The van der Waals surface area contributed by atoms with Crippen molar-refractivity contribution in [2.45, 2.75) is 27.2 Å². The SMILES string of the molecule is Cc1cnc(C)c(NCCc2ccccc2C)n1. The monoisotopic (exact) mass is 241 g/mol. The van der Waals surface area contributed by atoms with E-state index in [0.29, 0.717) is 0 Å². The molecule has 18 heavy (non-hydrogen) atoms. The van der Waals surface area contributed by atoms with Gasteiger partial charge in [0.15, 0.2) is 0 Å². The molecule has 0 spiro atoms. The van der Waals surface area contributed by atoms with Crippen LogP contribution in [0.3, 0.4) is 0 Å². The van der Waals surface area contributed by atoms with Crippen molar-refractivity contribution in [3.05, 3.63) is 53.0 Å². The van der Waals surface area contributed by atoms with Crippen LogP contribution in [0, 0.1) is 20.8 Å². The quantitative estimate of drug-likeness (QED) is 0.894. The van der Waals surface area contributed by atoms with E-state index in [-0.39, 0.29) is 0 Å². The summed E-state index contributed by atoms with van der Waals surface area (Å²) in [5, 5.41) is 3.36. The zero-order valence-electron chi connectivity index (χ0n) is 11.2. The number of hydrogen-bond donors (Lipinski definition) is 1. The first-order chi connectivity index (χ1) is 8.66. The third kappa shape index (κ3) is 3.06. The Morgan fingerprint density at radius 1 is 1.11 bits per heavy atom. The second-order valence-electron chi connectivity index (χ2n) is 4.55. The van der Waals surface area contributed by atoms with Gasteiger partial charge >= 0.3 is 0 Å². The minimum Gasteiger partial charge on any atom is -0.368 e. The lowest BCUT2D eigenvalue weighted by Crippen LogP contribution is -2.09. The van der Waals surface area contributed by atoms with Gasteiger partial charge in [-0.25, -0.2) is 4.98 Å². The van der Waals surface area contributed by atoms with Crippen LogP contribution < -0.4 is 5.32 Å². The Bertz CT molecular complexity index is 535. The van der Waals surface area contributed by atoms with Crippen LogP contribution in [0.2, 0.25) is 0 Å². The molecule has 0 amide bonds. The van der Waals surface area contributed by atoms with Gasteiger partial charge in [0.25, 0.3) is 0 Å². The third-order valence-corrected chi connectivity index (χ3v) is 3.02. The Kier molecular flexibility index (Phi) is 3.92. The van der Waals surface area contributed by atoms with E-state index in [1.165, 1.54) is 11.1 Å². The van der Waals surface area contributed by atoms with Crippen LogP contribution in [0.1, 0.15) is 22.5 Å². The highest BCUT2D eigenvalue weighted by Crippen LogP contribution is 2.11. The van der Waals surface area contributed by atoms with Crippen molar-refractivity contribution in [3.63, 3.8) is 0 Å². The average Bonchev–Trinajstić information content (AvgIpc) is 2.36. The first-order valence-corrected chi connectivity index (χ1v) is 6.25. The van der Waals surface area contributed by atoms with Gasteiger partial charge in [-0.05, 0) is 38.3 Å². The van der Waals surface area contributed by atoms with Gasteiger partial charge in [-0.15, -0.1) is 0 Å². The molecule has 0 saturated carbocycles. The van der Waals surface area contributed by atoms with E-state index in [2.05, 4.69) is 46.5 Å². The molecule has 0 fully saturated rings. The van der Waals surface area contributed by atoms with Gasteiger partial charge in [0, 0.05) is 12.7 Å². The summed E-state index contributed by atoms with van der Waals surface area (Å²) in [4.78, 5) is 8.75. The average molecular weight is 241 g/mol. The Labute approximate surface area is 108 Å². The lowest BCUT2D eigenvalue weighted by atomic mass is 10.1. The van der Waals surface area contributed by atoms with Crippen LogP contribution in [0.15, 0.2) is 30.5 Å². The molecular weight excluding hydrogens is 222 g/mol. The van der Waals surface area contributed by atoms with Crippen LogP contribution in [-0.4, -0.2) is 16.5 Å². The molecular formula is C15H19N3. The third-order valence-electron chi connectivity index (χ3n) is 3.02. The van der Waals surface area contributed by atoms with E-state index in [0.717, 1.165) is 30.2 Å². The predicted molar refractivity (Wildman–Crippen MR) is 74.9 cm³/mol. The summed E-state index contributed by atoms with van der Waals surface area (Å²) < 4.78 is 0. The smallest absolute Gasteiger partial charge is 0.147 e. The van der Waals surface area contributed by atoms with Gasteiger partial charge in [-0.1, -0.05) is 24.3 Å². The number of nitrogens with zero attached hydrogens (tertiary/aromatic N) is 2. The molecule has 3 heteroatoms. The van der Waals surface area contributed by atoms with E-state index < -0.39 is 0 Å². The molecule has 2 rings (SSSR count).